The van der Waals surface area contributed by atoms with E-state index in [1.165, 1.54) is 9.80 Å². The van der Waals surface area contributed by atoms with E-state index in [1.807, 2.05) is 0 Å². The predicted molar refractivity (Wildman–Crippen MR) is 109 cm³/mol. The van der Waals surface area contributed by atoms with Crippen molar-refractivity contribution in [3.63, 3.8) is 0 Å². The van der Waals surface area contributed by atoms with Crippen LogP contribution < -0.4 is 9.80 Å². The molecule has 0 unspecified atom stereocenters. The molecule has 2 aliphatic heterocycles. The molecule has 32 heavy (non-hydrogen) atoms. The minimum atomic E-state index is -4.67. The summed E-state index contributed by atoms with van der Waals surface area (Å²) < 4.78 is 81.4. The van der Waals surface area contributed by atoms with Crippen molar-refractivity contribution in [2.75, 3.05) is 23.1 Å². The fourth-order valence-electron chi connectivity index (χ4n) is 3.45. The zero-order valence-corrected chi connectivity index (χ0v) is 16.6. The summed E-state index contributed by atoms with van der Waals surface area (Å²) in [5, 5.41) is 0. The predicted octanol–water partition coefficient (Wildman–Crippen LogP) is 5.82. The molecule has 2 aliphatic rings. The molecule has 10 heteroatoms. The smallest absolute Gasteiger partial charge is 0.327 e. The first-order valence-electron chi connectivity index (χ1n) is 9.56. The number of para-hydroxylation sites is 2. The van der Waals surface area contributed by atoms with Gasteiger partial charge in [0.1, 0.15) is 11.4 Å². The lowest BCUT2D eigenvalue weighted by molar-refractivity contribution is -0.107. The Morgan fingerprint density at radius 3 is 1.22 bits per heavy atom. The Morgan fingerprint density at radius 2 is 0.906 bits per heavy atom. The van der Waals surface area contributed by atoms with Crippen LogP contribution in [0.5, 0.6) is 0 Å². The van der Waals surface area contributed by atoms with Gasteiger partial charge in [-0.3, -0.25) is 0 Å². The van der Waals surface area contributed by atoms with Crippen molar-refractivity contribution in [3.05, 3.63) is 96.9 Å². The lowest BCUT2D eigenvalue weighted by Gasteiger charge is -2.24. The van der Waals surface area contributed by atoms with Crippen LogP contribution in [0.15, 0.2) is 96.9 Å². The van der Waals surface area contributed by atoms with E-state index in [2.05, 4.69) is 0 Å². The molecule has 0 saturated carbocycles. The Labute approximate surface area is 180 Å². The van der Waals surface area contributed by atoms with E-state index in [0.717, 1.165) is 34.6 Å². The third kappa shape index (κ3) is 4.53. The highest BCUT2D eigenvalue weighted by atomic mass is 19.4. The molecule has 0 aromatic heterocycles. The average Bonchev–Trinajstić information content (AvgIpc) is 3.38. The molecule has 4 rings (SSSR count). The molecular formula is C22H18F6N4. The highest BCUT2D eigenvalue weighted by molar-refractivity contribution is 5.53. The van der Waals surface area contributed by atoms with Crippen LogP contribution in [0.3, 0.4) is 0 Å². The van der Waals surface area contributed by atoms with Crippen LogP contribution in [0.1, 0.15) is 0 Å². The van der Waals surface area contributed by atoms with Gasteiger partial charge in [-0.1, -0.05) is 36.4 Å². The molecule has 0 saturated heterocycles. The fourth-order valence-corrected chi connectivity index (χ4v) is 3.45. The molecule has 0 spiro atoms. The van der Waals surface area contributed by atoms with E-state index in [0.29, 0.717) is 11.4 Å². The maximum atomic E-state index is 13.6. The molecule has 2 aromatic rings. The number of benzene rings is 2. The molecular weight excluding hydrogens is 434 g/mol. The van der Waals surface area contributed by atoms with Crippen molar-refractivity contribution in [1.29, 1.82) is 0 Å². The first-order valence-corrected chi connectivity index (χ1v) is 9.56. The SMILES string of the molecule is FC(F)(F)C1=CN(c2ccccc2)CN1C=CN1CN(c2ccccc2)C=C1C(F)(F)F. The summed E-state index contributed by atoms with van der Waals surface area (Å²) in [6.07, 6.45) is -5.40. The van der Waals surface area contributed by atoms with Gasteiger partial charge in [0.05, 0.1) is 13.3 Å². The van der Waals surface area contributed by atoms with E-state index >= 15 is 0 Å². The highest BCUT2D eigenvalue weighted by Crippen LogP contribution is 2.37. The lowest BCUT2D eigenvalue weighted by Crippen LogP contribution is -2.30. The topological polar surface area (TPSA) is 13.0 Å². The molecule has 0 atom stereocenters. The number of allylic oxidation sites excluding steroid dienone is 2. The molecule has 4 nitrogen and oxygen atoms in total. The second-order valence-corrected chi connectivity index (χ2v) is 7.16. The average molecular weight is 452 g/mol. The number of alkyl halides is 6. The summed E-state index contributed by atoms with van der Waals surface area (Å²) in [5.41, 5.74) is -0.849. The Hall–Kier alpha value is -3.56. The van der Waals surface area contributed by atoms with E-state index in [9.17, 15) is 26.3 Å². The minimum absolute atomic E-state index is 0.184. The summed E-state index contributed by atoms with van der Waals surface area (Å²) in [5.74, 6) is 0. The number of hydrogen-bond donors (Lipinski definition) is 0. The summed E-state index contributed by atoms with van der Waals surface area (Å²) >= 11 is 0. The molecule has 2 aromatic carbocycles. The molecule has 0 radical (unpaired) electrons. The maximum absolute atomic E-state index is 13.6. The van der Waals surface area contributed by atoms with Gasteiger partial charge in [-0.15, -0.1) is 0 Å². The van der Waals surface area contributed by atoms with Crippen molar-refractivity contribution in [2.45, 2.75) is 12.4 Å². The van der Waals surface area contributed by atoms with Crippen molar-refractivity contribution in [3.8, 4) is 0 Å². The normalized spacial score (nSPS) is 17.4. The summed E-state index contributed by atoms with van der Waals surface area (Å²) in [7, 11) is 0. The van der Waals surface area contributed by atoms with Crippen LogP contribution in [-0.4, -0.2) is 35.5 Å². The van der Waals surface area contributed by atoms with Gasteiger partial charge in [-0.05, 0) is 24.3 Å². The first kappa shape index (κ1) is 21.7. The van der Waals surface area contributed by atoms with Crippen LogP contribution in [0.25, 0.3) is 0 Å². The largest absolute Gasteiger partial charge is 0.432 e. The van der Waals surface area contributed by atoms with Crippen LogP contribution in [-0.2, 0) is 0 Å². The van der Waals surface area contributed by atoms with Gasteiger partial charge in [0.15, 0.2) is 0 Å². The Morgan fingerprint density at radius 1 is 0.562 bits per heavy atom. The van der Waals surface area contributed by atoms with E-state index in [1.54, 1.807) is 60.7 Å². The van der Waals surface area contributed by atoms with Gasteiger partial charge >= 0.3 is 12.4 Å². The van der Waals surface area contributed by atoms with Gasteiger partial charge < -0.3 is 19.6 Å². The molecule has 0 N–H and O–H groups in total. The third-order valence-electron chi connectivity index (χ3n) is 4.97. The van der Waals surface area contributed by atoms with Crippen LogP contribution in [0, 0.1) is 0 Å². The van der Waals surface area contributed by atoms with Gasteiger partial charge in [-0.2, -0.15) is 26.3 Å². The molecule has 0 fully saturated rings. The highest BCUT2D eigenvalue weighted by Gasteiger charge is 2.43. The van der Waals surface area contributed by atoms with Crippen molar-refractivity contribution >= 4 is 11.4 Å². The standard InChI is InChI=1S/C22H18F6N4/c23-21(24,25)19-13-31(17-7-3-1-4-8-17)15-29(19)11-12-30-16-32(14-20(30)22(26,27)28)18-9-5-2-6-10-18/h1-14H,15-16H2. The van der Waals surface area contributed by atoms with Gasteiger partial charge in [0.2, 0.25) is 0 Å². The number of anilines is 2. The molecule has 0 aliphatic carbocycles. The summed E-state index contributed by atoms with van der Waals surface area (Å²) in [6.45, 7) is -0.368. The minimum Gasteiger partial charge on any atom is -0.327 e. The Kier molecular flexibility index (Phi) is 5.53. The van der Waals surface area contributed by atoms with E-state index in [4.69, 9.17) is 0 Å². The molecule has 168 valence electrons. The van der Waals surface area contributed by atoms with Gasteiger partial charge in [0.25, 0.3) is 0 Å². The fraction of sp³-hybridized carbons (Fsp3) is 0.182. The second kappa shape index (κ2) is 8.18. The maximum Gasteiger partial charge on any atom is 0.432 e. The Bertz CT molecular complexity index is 944. The lowest BCUT2D eigenvalue weighted by atomic mass is 10.3. The molecule has 0 amide bonds. The van der Waals surface area contributed by atoms with Crippen LogP contribution in [0.4, 0.5) is 37.7 Å². The van der Waals surface area contributed by atoms with E-state index in [-0.39, 0.29) is 13.3 Å². The zero-order valence-electron chi connectivity index (χ0n) is 16.6. The zero-order chi connectivity index (χ0) is 22.9. The van der Waals surface area contributed by atoms with Crippen molar-refractivity contribution in [1.82, 2.24) is 9.80 Å². The first-order chi connectivity index (χ1) is 15.1. The number of halogens is 6. The molecule has 0 bridgehead atoms. The second-order valence-electron chi connectivity index (χ2n) is 7.16. The van der Waals surface area contributed by atoms with E-state index < -0.39 is 23.7 Å². The number of hydrogen-bond acceptors (Lipinski definition) is 4. The third-order valence-corrected chi connectivity index (χ3v) is 4.97. The van der Waals surface area contributed by atoms with Gasteiger partial charge in [-0.25, -0.2) is 0 Å². The molecule has 2 heterocycles. The number of nitrogens with zero attached hydrogens (tertiary/aromatic N) is 4. The van der Waals surface area contributed by atoms with Crippen molar-refractivity contribution in [2.24, 2.45) is 0 Å². The van der Waals surface area contributed by atoms with Crippen molar-refractivity contribution < 1.29 is 26.3 Å². The monoisotopic (exact) mass is 452 g/mol. The Balaban J connectivity index is 1.58. The number of rotatable bonds is 4. The summed E-state index contributed by atoms with van der Waals surface area (Å²) in [6, 6.07) is 16.9. The quantitative estimate of drug-likeness (QED) is 0.542. The summed E-state index contributed by atoms with van der Waals surface area (Å²) in [4.78, 5) is 4.53. The van der Waals surface area contributed by atoms with Gasteiger partial charge in [0, 0.05) is 36.2 Å². The van der Waals surface area contributed by atoms with Crippen LogP contribution in [0.2, 0.25) is 0 Å². The van der Waals surface area contributed by atoms with Crippen LogP contribution >= 0.6 is 0 Å².